The van der Waals surface area contributed by atoms with E-state index in [1.807, 2.05) is 24.3 Å². The number of rotatable bonds is 34. The highest BCUT2D eigenvalue weighted by Gasteiger charge is 2.22. The van der Waals surface area contributed by atoms with E-state index < -0.39 is 38.6 Å². The lowest BCUT2D eigenvalue weighted by Crippen LogP contribution is -2.29. The highest BCUT2D eigenvalue weighted by molar-refractivity contribution is 7.46. The molecule has 0 aliphatic rings. The van der Waals surface area contributed by atoms with Crippen molar-refractivity contribution in [3.63, 3.8) is 0 Å². The second-order valence-electron chi connectivity index (χ2n) is 12.7. The Morgan fingerprint density at radius 1 is 0.646 bits per heavy atom. The number of aliphatic hydroxyl groups is 1. The van der Waals surface area contributed by atoms with Gasteiger partial charge in [0.15, 0.2) is 6.10 Å². The van der Waals surface area contributed by atoms with E-state index in [1.54, 1.807) is 6.08 Å². The van der Waals surface area contributed by atoms with E-state index in [-0.39, 0.29) is 19.4 Å². The maximum Gasteiger partial charge on any atom is 0.469 e. The summed E-state index contributed by atoms with van der Waals surface area (Å²) in [6.45, 7) is 3.45. The zero-order chi connectivity index (χ0) is 35.6. The highest BCUT2D eigenvalue weighted by atomic mass is 31.2. The molecular formula is C38H69O9P. The van der Waals surface area contributed by atoms with Crippen molar-refractivity contribution < 1.29 is 43.0 Å². The van der Waals surface area contributed by atoms with Gasteiger partial charge in [0.1, 0.15) is 6.61 Å². The van der Waals surface area contributed by atoms with E-state index >= 15 is 0 Å². The van der Waals surface area contributed by atoms with Crippen LogP contribution in [0.5, 0.6) is 0 Å². The second kappa shape index (κ2) is 33.7. The smallest absolute Gasteiger partial charge is 0.462 e. The number of allylic oxidation sites excluding steroid dienone is 4. The van der Waals surface area contributed by atoms with Gasteiger partial charge in [0.05, 0.1) is 12.7 Å². The zero-order valence-corrected chi connectivity index (χ0v) is 31.1. The molecule has 9 nitrogen and oxygen atoms in total. The van der Waals surface area contributed by atoms with E-state index in [1.165, 1.54) is 70.6 Å². The van der Waals surface area contributed by atoms with Crippen LogP contribution >= 0.6 is 7.82 Å². The van der Waals surface area contributed by atoms with Gasteiger partial charge in [-0.3, -0.25) is 14.1 Å². The van der Waals surface area contributed by atoms with Gasteiger partial charge in [-0.15, -0.1) is 0 Å². The Morgan fingerprint density at radius 3 is 1.71 bits per heavy atom. The minimum absolute atomic E-state index is 0.167. The molecule has 0 aromatic heterocycles. The molecule has 0 amide bonds. The SMILES string of the molecule is CC/C=C/CC(O)/C=C/C=C/CCCCCCCC(=O)O[C@H](COC(=O)CCCCCCCCCCCCCCCC)COP(=O)(O)O. The lowest BCUT2D eigenvalue weighted by molar-refractivity contribution is -0.161. The maximum absolute atomic E-state index is 12.3. The Labute approximate surface area is 292 Å². The molecule has 0 bridgehead atoms. The summed E-state index contributed by atoms with van der Waals surface area (Å²) in [5.41, 5.74) is 0. The molecule has 1 unspecified atom stereocenters. The van der Waals surface area contributed by atoms with Gasteiger partial charge >= 0.3 is 19.8 Å². The Morgan fingerprint density at radius 2 is 1.17 bits per heavy atom. The molecule has 3 N–H and O–H groups in total. The van der Waals surface area contributed by atoms with Crippen LogP contribution in [0, 0.1) is 0 Å². The van der Waals surface area contributed by atoms with Crippen molar-refractivity contribution in [2.24, 2.45) is 0 Å². The quantitative estimate of drug-likeness (QED) is 0.0197. The van der Waals surface area contributed by atoms with Crippen LogP contribution in [-0.4, -0.2) is 52.3 Å². The summed E-state index contributed by atoms with van der Waals surface area (Å²) in [5, 5.41) is 9.83. The topological polar surface area (TPSA) is 140 Å². The molecule has 0 spiro atoms. The average molecular weight is 701 g/mol. The highest BCUT2D eigenvalue weighted by Crippen LogP contribution is 2.36. The van der Waals surface area contributed by atoms with Gasteiger partial charge in [-0.25, -0.2) is 4.57 Å². The van der Waals surface area contributed by atoms with E-state index in [2.05, 4.69) is 24.4 Å². The molecule has 0 aliphatic carbocycles. The Hall–Kier alpha value is -1.77. The van der Waals surface area contributed by atoms with Gasteiger partial charge in [0.25, 0.3) is 0 Å². The number of ether oxygens (including phenoxy) is 2. The summed E-state index contributed by atoms with van der Waals surface area (Å²) in [6, 6.07) is 0. The number of hydrogen-bond acceptors (Lipinski definition) is 7. The van der Waals surface area contributed by atoms with Crippen LogP contribution in [-0.2, 0) is 28.2 Å². The van der Waals surface area contributed by atoms with E-state index in [4.69, 9.17) is 19.3 Å². The largest absolute Gasteiger partial charge is 0.469 e. The van der Waals surface area contributed by atoms with E-state index in [0.717, 1.165) is 51.4 Å². The summed E-state index contributed by atoms with van der Waals surface area (Å²) in [5.74, 6) is -0.936. The van der Waals surface area contributed by atoms with E-state index in [9.17, 15) is 19.3 Å². The van der Waals surface area contributed by atoms with Crippen LogP contribution in [0.1, 0.15) is 168 Å². The van der Waals surface area contributed by atoms with Gasteiger partial charge in [-0.05, 0) is 38.5 Å². The van der Waals surface area contributed by atoms with Crippen LogP contribution in [0.3, 0.4) is 0 Å². The molecule has 0 radical (unpaired) electrons. The summed E-state index contributed by atoms with van der Waals surface area (Å²) in [6.07, 6.45) is 34.8. The van der Waals surface area contributed by atoms with Crippen molar-refractivity contribution in [1.82, 2.24) is 0 Å². The average Bonchev–Trinajstić information content (AvgIpc) is 3.04. The number of phosphoric acid groups is 1. The number of aliphatic hydroxyl groups excluding tert-OH is 1. The van der Waals surface area contributed by atoms with Crippen molar-refractivity contribution >= 4 is 19.8 Å². The van der Waals surface area contributed by atoms with Crippen molar-refractivity contribution in [3.05, 3.63) is 36.5 Å². The molecule has 0 saturated carbocycles. The van der Waals surface area contributed by atoms with Crippen LogP contribution in [0.15, 0.2) is 36.5 Å². The van der Waals surface area contributed by atoms with Gasteiger partial charge in [-0.2, -0.15) is 0 Å². The predicted octanol–water partition coefficient (Wildman–Crippen LogP) is 9.98. The third-order valence-corrected chi connectivity index (χ3v) is 8.49. The molecule has 0 aliphatic heterocycles. The molecule has 0 rings (SSSR count). The van der Waals surface area contributed by atoms with Crippen LogP contribution in [0.25, 0.3) is 0 Å². The number of hydrogen-bond donors (Lipinski definition) is 3. The summed E-state index contributed by atoms with van der Waals surface area (Å²) >= 11 is 0. The lowest BCUT2D eigenvalue weighted by Gasteiger charge is -2.18. The number of unbranched alkanes of at least 4 members (excludes halogenated alkanes) is 18. The number of carbonyl (C=O) groups excluding carboxylic acids is 2. The monoisotopic (exact) mass is 700 g/mol. The molecule has 0 heterocycles. The molecule has 2 atom stereocenters. The predicted molar refractivity (Wildman–Crippen MR) is 194 cm³/mol. The maximum atomic E-state index is 12.3. The molecule has 48 heavy (non-hydrogen) atoms. The fraction of sp³-hybridized carbons (Fsp3) is 0.789. The van der Waals surface area contributed by atoms with Crippen LogP contribution < -0.4 is 0 Å². The first-order valence-corrected chi connectivity index (χ1v) is 20.4. The summed E-state index contributed by atoms with van der Waals surface area (Å²) < 4.78 is 26.3. The molecule has 280 valence electrons. The summed E-state index contributed by atoms with van der Waals surface area (Å²) in [7, 11) is -4.77. The molecule has 0 saturated heterocycles. The first-order valence-electron chi connectivity index (χ1n) is 18.9. The second-order valence-corrected chi connectivity index (χ2v) is 14.0. The molecule has 0 aromatic rings. The lowest BCUT2D eigenvalue weighted by atomic mass is 10.0. The van der Waals surface area contributed by atoms with Gasteiger partial charge in [-0.1, -0.05) is 153 Å². The van der Waals surface area contributed by atoms with Crippen LogP contribution in [0.4, 0.5) is 0 Å². The van der Waals surface area contributed by atoms with Crippen LogP contribution in [0.2, 0.25) is 0 Å². The Kier molecular flexibility index (Phi) is 32.5. The van der Waals surface area contributed by atoms with Crippen molar-refractivity contribution in [3.8, 4) is 0 Å². The first kappa shape index (κ1) is 46.2. The Balaban J connectivity index is 4.03. The van der Waals surface area contributed by atoms with Gasteiger partial charge in [0, 0.05) is 12.8 Å². The minimum atomic E-state index is -4.77. The normalized spacial score (nSPS) is 13.5. The van der Waals surface area contributed by atoms with Crippen molar-refractivity contribution in [2.75, 3.05) is 13.2 Å². The van der Waals surface area contributed by atoms with Crippen molar-refractivity contribution in [1.29, 1.82) is 0 Å². The van der Waals surface area contributed by atoms with Gasteiger partial charge in [0.2, 0.25) is 0 Å². The Bertz CT molecular complexity index is 897. The minimum Gasteiger partial charge on any atom is -0.462 e. The number of esters is 2. The third-order valence-electron chi connectivity index (χ3n) is 8.00. The molecule has 10 heteroatoms. The molecule has 0 fully saturated rings. The standard InChI is InChI=1S/C38H69O9P/c1-3-5-7-8-9-10-11-12-13-14-17-20-23-27-31-37(40)45-33-36(34-46-48(42,43)44)47-38(41)32-28-24-21-18-15-16-19-22-26-30-35(39)29-25-6-4-2/h6,19,22,25-26,30,35-36,39H,3-5,7-18,20-21,23-24,27-29,31-34H2,1-2H3,(H2,42,43,44)/b22-19+,25-6+,30-26+/t35?,36-/m1/s1. The van der Waals surface area contributed by atoms with E-state index in [0.29, 0.717) is 19.3 Å². The fourth-order valence-electron chi connectivity index (χ4n) is 5.17. The first-order chi connectivity index (χ1) is 23.2. The third kappa shape index (κ3) is 35.5. The molecular weight excluding hydrogens is 631 g/mol. The van der Waals surface area contributed by atoms with Gasteiger partial charge < -0.3 is 24.4 Å². The molecule has 0 aromatic carbocycles. The van der Waals surface area contributed by atoms with Crippen molar-refractivity contribution in [2.45, 2.75) is 180 Å². The zero-order valence-electron chi connectivity index (χ0n) is 30.2. The fourth-order valence-corrected chi connectivity index (χ4v) is 5.53. The number of carbonyl (C=O) groups is 2. The number of phosphoric ester groups is 1. The summed E-state index contributed by atoms with van der Waals surface area (Å²) in [4.78, 5) is 42.7.